The van der Waals surface area contributed by atoms with Gasteiger partial charge < -0.3 is 10.1 Å². The zero-order valence-corrected chi connectivity index (χ0v) is 17.8. The first-order valence-corrected chi connectivity index (χ1v) is 11.1. The van der Waals surface area contributed by atoms with Gasteiger partial charge in [0.15, 0.2) is 0 Å². The molecule has 0 saturated carbocycles. The van der Waals surface area contributed by atoms with Crippen molar-refractivity contribution in [3.8, 4) is 5.75 Å². The third-order valence-corrected chi connectivity index (χ3v) is 6.20. The normalized spacial score (nSPS) is 11.0. The molecule has 3 rings (SSSR count). The minimum atomic E-state index is -4.07. The number of nitrogens with one attached hydrogen (secondary N) is 1. The highest BCUT2D eigenvalue weighted by molar-refractivity contribution is 7.92. The molecule has 0 unspecified atom stereocenters. The summed E-state index contributed by atoms with van der Waals surface area (Å²) < 4.78 is 46.1. The molecule has 0 saturated heterocycles. The molecule has 0 aliphatic rings. The van der Waals surface area contributed by atoms with Crippen molar-refractivity contribution in [2.45, 2.75) is 11.8 Å². The number of benzene rings is 3. The summed E-state index contributed by atoms with van der Waals surface area (Å²) in [7, 11) is -4.07. The minimum absolute atomic E-state index is 0.103. The van der Waals surface area contributed by atoms with Crippen LogP contribution in [0.4, 0.5) is 10.1 Å². The maximum atomic E-state index is 13.2. The van der Waals surface area contributed by atoms with Crippen molar-refractivity contribution in [3.05, 3.63) is 90.2 Å². The molecular formula is C23H23FN2O4S. The summed E-state index contributed by atoms with van der Waals surface area (Å²) in [6, 6.07) is 20.3. The molecular weight excluding hydrogens is 419 g/mol. The van der Waals surface area contributed by atoms with Crippen LogP contribution in [-0.4, -0.2) is 34.0 Å². The van der Waals surface area contributed by atoms with Crippen LogP contribution in [0.25, 0.3) is 0 Å². The maximum absolute atomic E-state index is 13.2. The lowest BCUT2D eigenvalue weighted by molar-refractivity contribution is -0.119. The van der Waals surface area contributed by atoms with Crippen molar-refractivity contribution in [1.29, 1.82) is 0 Å². The molecule has 0 aliphatic heterocycles. The van der Waals surface area contributed by atoms with Gasteiger partial charge in [0.2, 0.25) is 5.91 Å². The van der Waals surface area contributed by atoms with E-state index in [0.717, 1.165) is 22.0 Å². The monoisotopic (exact) mass is 442 g/mol. The quantitative estimate of drug-likeness (QED) is 0.515. The average molecular weight is 443 g/mol. The van der Waals surface area contributed by atoms with Gasteiger partial charge >= 0.3 is 0 Å². The lowest BCUT2D eigenvalue weighted by atomic mass is 10.2. The third-order valence-electron chi connectivity index (χ3n) is 4.42. The Morgan fingerprint density at radius 2 is 1.71 bits per heavy atom. The molecule has 162 valence electrons. The predicted octanol–water partition coefficient (Wildman–Crippen LogP) is 3.52. The van der Waals surface area contributed by atoms with E-state index in [9.17, 15) is 17.6 Å². The minimum Gasteiger partial charge on any atom is -0.492 e. The van der Waals surface area contributed by atoms with E-state index in [1.807, 2.05) is 31.2 Å². The Morgan fingerprint density at radius 1 is 1.00 bits per heavy atom. The van der Waals surface area contributed by atoms with E-state index in [-0.39, 0.29) is 18.0 Å². The van der Waals surface area contributed by atoms with Gasteiger partial charge in [-0.1, -0.05) is 30.3 Å². The number of sulfonamides is 1. The fraction of sp³-hybridized carbons (Fsp3) is 0.174. The number of carbonyl (C=O) groups is 1. The molecule has 0 aromatic heterocycles. The van der Waals surface area contributed by atoms with Crippen LogP contribution in [0.2, 0.25) is 0 Å². The van der Waals surface area contributed by atoms with Gasteiger partial charge in [-0.25, -0.2) is 12.8 Å². The highest BCUT2D eigenvalue weighted by atomic mass is 32.2. The predicted molar refractivity (Wildman–Crippen MR) is 117 cm³/mol. The number of aryl methyl sites for hydroxylation is 1. The molecule has 3 aromatic carbocycles. The topological polar surface area (TPSA) is 75.7 Å². The number of halogens is 1. The van der Waals surface area contributed by atoms with Crippen LogP contribution in [0.5, 0.6) is 5.75 Å². The van der Waals surface area contributed by atoms with Crippen molar-refractivity contribution in [2.75, 3.05) is 24.0 Å². The number of carbonyl (C=O) groups excluding carboxylic acids is 1. The van der Waals surface area contributed by atoms with Gasteiger partial charge in [0.1, 0.15) is 24.7 Å². The average Bonchev–Trinajstić information content (AvgIpc) is 2.76. The summed E-state index contributed by atoms with van der Waals surface area (Å²) in [6.45, 7) is 1.99. The Bertz CT molecular complexity index is 1120. The first kappa shape index (κ1) is 22.3. The molecule has 0 aliphatic carbocycles. The van der Waals surface area contributed by atoms with Crippen LogP contribution >= 0.6 is 0 Å². The Kier molecular flexibility index (Phi) is 7.25. The molecule has 0 heterocycles. The van der Waals surface area contributed by atoms with Crippen molar-refractivity contribution in [1.82, 2.24) is 5.32 Å². The third kappa shape index (κ3) is 6.05. The van der Waals surface area contributed by atoms with Gasteiger partial charge in [0, 0.05) is 0 Å². The highest BCUT2D eigenvalue weighted by Crippen LogP contribution is 2.23. The maximum Gasteiger partial charge on any atom is 0.264 e. The van der Waals surface area contributed by atoms with E-state index in [1.165, 1.54) is 12.1 Å². The number of rotatable bonds is 9. The zero-order valence-electron chi connectivity index (χ0n) is 17.0. The largest absolute Gasteiger partial charge is 0.492 e. The molecule has 1 amide bonds. The van der Waals surface area contributed by atoms with E-state index in [2.05, 4.69) is 5.32 Å². The van der Waals surface area contributed by atoms with Gasteiger partial charge in [-0.2, -0.15) is 0 Å². The highest BCUT2D eigenvalue weighted by Gasteiger charge is 2.27. The smallest absolute Gasteiger partial charge is 0.264 e. The number of hydrogen-bond donors (Lipinski definition) is 1. The lowest BCUT2D eigenvalue weighted by Gasteiger charge is -2.24. The van der Waals surface area contributed by atoms with Crippen LogP contribution in [0.3, 0.4) is 0 Å². The Hall–Kier alpha value is -3.39. The molecule has 0 radical (unpaired) electrons. The van der Waals surface area contributed by atoms with Crippen LogP contribution in [0, 0.1) is 12.7 Å². The Balaban J connectivity index is 1.67. The van der Waals surface area contributed by atoms with Crippen molar-refractivity contribution >= 4 is 21.6 Å². The zero-order chi connectivity index (χ0) is 22.3. The number of hydrogen-bond acceptors (Lipinski definition) is 4. The number of nitrogens with zero attached hydrogens (tertiary/aromatic N) is 1. The molecule has 3 aromatic rings. The van der Waals surface area contributed by atoms with Crippen LogP contribution in [-0.2, 0) is 14.8 Å². The van der Waals surface area contributed by atoms with Crippen LogP contribution in [0.15, 0.2) is 83.8 Å². The second-order valence-corrected chi connectivity index (χ2v) is 8.68. The van der Waals surface area contributed by atoms with Gasteiger partial charge in [0.25, 0.3) is 10.0 Å². The van der Waals surface area contributed by atoms with Crippen molar-refractivity contribution in [2.24, 2.45) is 0 Å². The fourth-order valence-corrected chi connectivity index (χ4v) is 4.31. The number of para-hydroxylation sites is 1. The number of ether oxygens (including phenoxy) is 1. The number of anilines is 1. The molecule has 0 bridgehead atoms. The Morgan fingerprint density at radius 3 is 2.39 bits per heavy atom. The van der Waals surface area contributed by atoms with Crippen molar-refractivity contribution < 1.29 is 22.3 Å². The van der Waals surface area contributed by atoms with Gasteiger partial charge in [-0.3, -0.25) is 9.10 Å². The molecule has 8 heteroatoms. The summed E-state index contributed by atoms with van der Waals surface area (Å²) in [6.07, 6.45) is 0. The molecule has 1 N–H and O–H groups in total. The first-order valence-electron chi connectivity index (χ1n) is 9.66. The van der Waals surface area contributed by atoms with E-state index in [4.69, 9.17) is 4.74 Å². The lowest BCUT2D eigenvalue weighted by Crippen LogP contribution is -2.41. The van der Waals surface area contributed by atoms with E-state index in [0.29, 0.717) is 11.4 Å². The fourth-order valence-electron chi connectivity index (χ4n) is 2.89. The SMILES string of the molecule is Cc1cccc(OCCNC(=O)CN(c2ccccc2)S(=O)(=O)c2ccc(F)cc2)c1. The van der Waals surface area contributed by atoms with Crippen LogP contribution in [0.1, 0.15) is 5.56 Å². The standard InChI is InChI=1S/C23H23FN2O4S/c1-18-6-5-9-21(16-18)30-15-14-25-23(27)17-26(20-7-3-2-4-8-20)31(28,29)22-12-10-19(24)11-13-22/h2-13,16H,14-15,17H2,1H3,(H,25,27). The second kappa shape index (κ2) is 10.1. The molecule has 0 fully saturated rings. The van der Waals surface area contributed by atoms with Gasteiger partial charge in [-0.05, 0) is 61.0 Å². The van der Waals surface area contributed by atoms with Crippen molar-refractivity contribution in [3.63, 3.8) is 0 Å². The molecule has 0 atom stereocenters. The molecule has 0 spiro atoms. The summed E-state index contributed by atoms with van der Waals surface area (Å²) in [5.41, 5.74) is 1.39. The second-order valence-electron chi connectivity index (χ2n) is 6.82. The molecule has 31 heavy (non-hydrogen) atoms. The van der Waals surface area contributed by atoms with Gasteiger partial charge in [0.05, 0.1) is 17.1 Å². The molecule has 6 nitrogen and oxygen atoms in total. The Labute approximate surface area is 181 Å². The number of amides is 1. The summed E-state index contributed by atoms with van der Waals surface area (Å²) in [5.74, 6) is -0.335. The van der Waals surface area contributed by atoms with E-state index in [1.54, 1.807) is 30.3 Å². The summed E-state index contributed by atoms with van der Waals surface area (Å²) in [5, 5.41) is 2.67. The van der Waals surface area contributed by atoms with Crippen LogP contribution < -0.4 is 14.4 Å². The van der Waals surface area contributed by atoms with Gasteiger partial charge in [-0.15, -0.1) is 0 Å². The van der Waals surface area contributed by atoms with E-state index < -0.39 is 28.3 Å². The summed E-state index contributed by atoms with van der Waals surface area (Å²) >= 11 is 0. The van der Waals surface area contributed by atoms with E-state index >= 15 is 0 Å². The summed E-state index contributed by atoms with van der Waals surface area (Å²) in [4.78, 5) is 12.4. The first-order chi connectivity index (χ1) is 14.9.